The van der Waals surface area contributed by atoms with Crippen LogP contribution in [0.25, 0.3) is 0 Å². The topological polar surface area (TPSA) is 70.1 Å². The van der Waals surface area contributed by atoms with Crippen LogP contribution in [0.1, 0.15) is 25.5 Å². The summed E-state index contributed by atoms with van der Waals surface area (Å²) in [7, 11) is 0. The van der Waals surface area contributed by atoms with Crippen molar-refractivity contribution in [3.8, 4) is 6.07 Å². The van der Waals surface area contributed by atoms with Crippen LogP contribution >= 0.6 is 15.9 Å². The predicted octanol–water partition coefficient (Wildman–Crippen LogP) is 2.46. The zero-order valence-corrected chi connectivity index (χ0v) is 12.7. The van der Waals surface area contributed by atoms with Gasteiger partial charge in [-0.15, -0.1) is 0 Å². The SMILES string of the molecule is CCN(C[C@@H](C)C#N)[C@H](C(N)=O)c1ccc(Br)cc1. The minimum atomic E-state index is -0.492. The monoisotopic (exact) mass is 323 g/mol. The summed E-state index contributed by atoms with van der Waals surface area (Å²) in [4.78, 5) is 13.7. The number of hydrogen-bond acceptors (Lipinski definition) is 3. The number of likely N-dealkylation sites (N-methyl/N-ethyl adjacent to an activating group) is 1. The van der Waals surface area contributed by atoms with Crippen molar-refractivity contribution in [2.75, 3.05) is 13.1 Å². The van der Waals surface area contributed by atoms with Gasteiger partial charge in [-0.05, 0) is 31.2 Å². The number of rotatable bonds is 6. The average molecular weight is 324 g/mol. The number of nitrogens with two attached hydrogens (primary N) is 1. The predicted molar refractivity (Wildman–Crippen MR) is 78.1 cm³/mol. The van der Waals surface area contributed by atoms with Gasteiger partial charge in [0, 0.05) is 11.0 Å². The van der Waals surface area contributed by atoms with E-state index in [1.165, 1.54) is 0 Å². The van der Waals surface area contributed by atoms with E-state index in [0.717, 1.165) is 10.0 Å². The molecule has 5 heteroatoms. The summed E-state index contributed by atoms with van der Waals surface area (Å²) >= 11 is 3.36. The Balaban J connectivity index is 3.01. The molecule has 0 heterocycles. The molecular weight excluding hydrogens is 306 g/mol. The Labute approximate surface area is 122 Å². The summed E-state index contributed by atoms with van der Waals surface area (Å²) in [6.45, 7) is 4.98. The van der Waals surface area contributed by atoms with Crippen molar-refractivity contribution in [1.29, 1.82) is 5.26 Å². The van der Waals surface area contributed by atoms with Gasteiger partial charge in [-0.1, -0.05) is 35.0 Å². The van der Waals surface area contributed by atoms with Crippen LogP contribution in [0.2, 0.25) is 0 Å². The Hall–Kier alpha value is -1.38. The second-order valence-electron chi connectivity index (χ2n) is 4.47. The van der Waals surface area contributed by atoms with Gasteiger partial charge in [0.1, 0.15) is 6.04 Å². The summed E-state index contributed by atoms with van der Waals surface area (Å²) in [5.41, 5.74) is 6.37. The number of hydrogen-bond donors (Lipinski definition) is 1. The molecular formula is C14H18BrN3O. The Morgan fingerprint density at radius 1 is 1.47 bits per heavy atom. The number of nitriles is 1. The van der Waals surface area contributed by atoms with Gasteiger partial charge < -0.3 is 5.73 Å². The van der Waals surface area contributed by atoms with Gasteiger partial charge in [-0.2, -0.15) is 5.26 Å². The number of carbonyl (C=O) groups is 1. The molecule has 2 atom stereocenters. The average Bonchev–Trinajstić information content (AvgIpc) is 2.39. The minimum Gasteiger partial charge on any atom is -0.368 e. The van der Waals surface area contributed by atoms with E-state index < -0.39 is 11.9 Å². The van der Waals surface area contributed by atoms with E-state index in [9.17, 15) is 4.79 Å². The van der Waals surface area contributed by atoms with Gasteiger partial charge in [0.2, 0.25) is 5.91 Å². The van der Waals surface area contributed by atoms with Gasteiger partial charge in [0.15, 0.2) is 0 Å². The molecule has 0 aliphatic rings. The molecule has 102 valence electrons. The van der Waals surface area contributed by atoms with E-state index in [1.807, 2.05) is 43.0 Å². The zero-order valence-electron chi connectivity index (χ0n) is 11.1. The first-order valence-corrected chi connectivity index (χ1v) is 6.97. The molecule has 1 rings (SSSR count). The van der Waals surface area contributed by atoms with E-state index in [1.54, 1.807) is 0 Å². The number of amides is 1. The molecule has 0 saturated carbocycles. The van der Waals surface area contributed by atoms with Crippen molar-refractivity contribution in [3.05, 3.63) is 34.3 Å². The van der Waals surface area contributed by atoms with E-state index in [4.69, 9.17) is 11.0 Å². The third-order valence-electron chi connectivity index (χ3n) is 2.96. The second kappa shape index (κ2) is 7.27. The normalized spacial score (nSPS) is 13.8. The van der Waals surface area contributed by atoms with E-state index in [0.29, 0.717) is 13.1 Å². The lowest BCUT2D eigenvalue weighted by Crippen LogP contribution is -2.39. The van der Waals surface area contributed by atoms with E-state index in [2.05, 4.69) is 22.0 Å². The van der Waals surface area contributed by atoms with E-state index >= 15 is 0 Å². The molecule has 2 N–H and O–H groups in total. The van der Waals surface area contributed by atoms with Crippen LogP contribution in [0.4, 0.5) is 0 Å². The lowest BCUT2D eigenvalue weighted by Gasteiger charge is -2.29. The molecule has 0 aromatic heterocycles. The maximum Gasteiger partial charge on any atom is 0.239 e. The fraction of sp³-hybridized carbons (Fsp3) is 0.429. The molecule has 0 bridgehead atoms. The molecule has 0 aliphatic carbocycles. The molecule has 19 heavy (non-hydrogen) atoms. The van der Waals surface area contributed by atoms with Crippen LogP contribution in [-0.4, -0.2) is 23.9 Å². The van der Waals surface area contributed by atoms with Crippen molar-refractivity contribution in [1.82, 2.24) is 4.90 Å². The van der Waals surface area contributed by atoms with E-state index in [-0.39, 0.29) is 5.92 Å². The first-order chi connectivity index (χ1) is 8.99. The Morgan fingerprint density at radius 3 is 2.47 bits per heavy atom. The Morgan fingerprint density at radius 2 is 2.05 bits per heavy atom. The lowest BCUT2D eigenvalue weighted by molar-refractivity contribution is -0.123. The summed E-state index contributed by atoms with van der Waals surface area (Å²) < 4.78 is 0.952. The van der Waals surface area contributed by atoms with Crippen LogP contribution in [0, 0.1) is 17.2 Å². The number of carbonyl (C=O) groups excluding carboxylic acids is 1. The number of halogens is 1. The zero-order chi connectivity index (χ0) is 14.4. The molecule has 4 nitrogen and oxygen atoms in total. The van der Waals surface area contributed by atoms with Gasteiger partial charge in [0.05, 0.1) is 12.0 Å². The smallest absolute Gasteiger partial charge is 0.239 e. The molecule has 1 aromatic carbocycles. The highest BCUT2D eigenvalue weighted by Crippen LogP contribution is 2.23. The summed E-state index contributed by atoms with van der Waals surface area (Å²) in [5.74, 6) is -0.536. The lowest BCUT2D eigenvalue weighted by atomic mass is 10.0. The molecule has 0 spiro atoms. The largest absolute Gasteiger partial charge is 0.368 e. The first kappa shape index (κ1) is 15.7. The molecule has 1 aromatic rings. The standard InChI is InChI=1S/C14H18BrN3O/c1-3-18(9-10(2)8-16)13(14(17)19)11-4-6-12(15)7-5-11/h4-7,10,13H,3,9H2,1-2H3,(H2,17,19)/t10-,13-/m0/s1. The molecule has 0 unspecified atom stereocenters. The van der Waals surface area contributed by atoms with Crippen LogP contribution < -0.4 is 5.73 Å². The van der Waals surface area contributed by atoms with Crippen LogP contribution in [0.3, 0.4) is 0 Å². The summed E-state index contributed by atoms with van der Waals surface area (Å²) in [6, 6.07) is 9.20. The van der Waals surface area contributed by atoms with Gasteiger partial charge >= 0.3 is 0 Å². The van der Waals surface area contributed by atoms with Gasteiger partial charge in [0.25, 0.3) is 0 Å². The van der Waals surface area contributed by atoms with Crippen LogP contribution in [-0.2, 0) is 4.79 Å². The first-order valence-electron chi connectivity index (χ1n) is 6.18. The Kier molecular flexibility index (Phi) is 6.00. The highest BCUT2D eigenvalue weighted by atomic mass is 79.9. The summed E-state index contributed by atoms with van der Waals surface area (Å²) in [5, 5.41) is 8.91. The third-order valence-corrected chi connectivity index (χ3v) is 3.48. The van der Waals surface area contributed by atoms with Crippen molar-refractivity contribution in [3.63, 3.8) is 0 Å². The minimum absolute atomic E-state index is 0.141. The Bertz CT molecular complexity index is 467. The summed E-state index contributed by atoms with van der Waals surface area (Å²) in [6.07, 6.45) is 0. The molecule has 0 fully saturated rings. The van der Waals surface area contributed by atoms with Crippen molar-refractivity contribution >= 4 is 21.8 Å². The number of benzene rings is 1. The number of primary amides is 1. The van der Waals surface area contributed by atoms with Gasteiger partial charge in [-0.3, -0.25) is 9.69 Å². The quantitative estimate of drug-likeness (QED) is 0.874. The molecule has 1 amide bonds. The highest BCUT2D eigenvalue weighted by Gasteiger charge is 2.25. The van der Waals surface area contributed by atoms with Crippen molar-refractivity contribution in [2.45, 2.75) is 19.9 Å². The highest BCUT2D eigenvalue weighted by molar-refractivity contribution is 9.10. The number of nitrogens with zero attached hydrogens (tertiary/aromatic N) is 2. The van der Waals surface area contributed by atoms with Crippen molar-refractivity contribution in [2.24, 2.45) is 11.7 Å². The van der Waals surface area contributed by atoms with Crippen LogP contribution in [0.15, 0.2) is 28.7 Å². The van der Waals surface area contributed by atoms with Crippen molar-refractivity contribution < 1.29 is 4.79 Å². The maximum atomic E-state index is 11.7. The third kappa shape index (κ3) is 4.34. The molecule has 0 saturated heterocycles. The van der Waals surface area contributed by atoms with Gasteiger partial charge in [-0.25, -0.2) is 0 Å². The maximum absolute atomic E-state index is 11.7. The fourth-order valence-corrected chi connectivity index (χ4v) is 2.27. The molecule has 0 aliphatic heterocycles. The second-order valence-corrected chi connectivity index (χ2v) is 5.39. The molecule has 0 radical (unpaired) electrons. The fourth-order valence-electron chi connectivity index (χ4n) is 2.01. The van der Waals surface area contributed by atoms with Crippen LogP contribution in [0.5, 0.6) is 0 Å².